The molecular weight excluding hydrogens is 558 g/mol. The van der Waals surface area contributed by atoms with Gasteiger partial charge in [0.05, 0.1) is 33.1 Å². The first kappa shape index (κ1) is 27.8. The first-order chi connectivity index (χ1) is 22.0. The van der Waals surface area contributed by atoms with Crippen molar-refractivity contribution in [1.82, 2.24) is 0 Å². The molecule has 1 fully saturated rings. The number of morpholine rings is 1. The molecule has 2 aliphatic heterocycles. The normalized spacial score (nSPS) is 19.4. The van der Waals surface area contributed by atoms with Gasteiger partial charge in [-0.2, -0.15) is 0 Å². The van der Waals surface area contributed by atoms with Gasteiger partial charge < -0.3 is 23.8 Å². The van der Waals surface area contributed by atoms with E-state index in [4.69, 9.17) is 18.9 Å². The number of benzene rings is 5. The van der Waals surface area contributed by atoms with Crippen molar-refractivity contribution in [2.24, 2.45) is 0 Å². The summed E-state index contributed by atoms with van der Waals surface area (Å²) in [6.07, 6.45) is 4.53. The van der Waals surface area contributed by atoms with Crippen LogP contribution in [0.3, 0.4) is 0 Å². The van der Waals surface area contributed by atoms with Crippen LogP contribution in [0.2, 0.25) is 0 Å². The van der Waals surface area contributed by atoms with Crippen LogP contribution in [0, 0.1) is 0 Å². The van der Waals surface area contributed by atoms with Gasteiger partial charge in [0.15, 0.2) is 5.60 Å². The first-order valence-electron chi connectivity index (χ1n) is 15.7. The lowest BCUT2D eigenvalue weighted by Crippen LogP contribution is -2.36. The number of anilines is 1. The van der Waals surface area contributed by atoms with Crippen molar-refractivity contribution in [2.75, 3.05) is 45.4 Å². The van der Waals surface area contributed by atoms with Crippen LogP contribution in [0.15, 0.2) is 97.1 Å². The van der Waals surface area contributed by atoms with Crippen LogP contribution in [-0.2, 0) is 15.8 Å². The summed E-state index contributed by atoms with van der Waals surface area (Å²) in [7, 11) is 3.45. The fourth-order valence-corrected chi connectivity index (χ4v) is 7.68. The highest BCUT2D eigenvalue weighted by Gasteiger charge is 2.44. The second-order valence-electron chi connectivity index (χ2n) is 12.6. The fraction of sp³-hybridized carbons (Fsp3) is 0.250. The van der Waals surface area contributed by atoms with Crippen LogP contribution < -0.4 is 19.1 Å². The second kappa shape index (κ2) is 10.4. The number of hydrogen-bond acceptors (Lipinski definition) is 5. The molecule has 5 heteroatoms. The largest absolute Gasteiger partial charge is 0.497 e. The quantitative estimate of drug-likeness (QED) is 0.204. The molecule has 5 aromatic carbocycles. The van der Waals surface area contributed by atoms with Crippen molar-refractivity contribution in [3.05, 3.63) is 125 Å². The summed E-state index contributed by atoms with van der Waals surface area (Å²) < 4.78 is 24.8. The van der Waals surface area contributed by atoms with Crippen molar-refractivity contribution in [2.45, 2.75) is 24.9 Å². The zero-order chi connectivity index (χ0) is 30.8. The van der Waals surface area contributed by atoms with Gasteiger partial charge >= 0.3 is 0 Å². The number of fused-ring (bicyclic) bond motifs is 8. The maximum atomic E-state index is 7.46. The Morgan fingerprint density at radius 2 is 1.47 bits per heavy atom. The lowest BCUT2D eigenvalue weighted by molar-refractivity contribution is 0.122. The van der Waals surface area contributed by atoms with E-state index < -0.39 is 5.60 Å². The molecule has 0 bridgehead atoms. The lowest BCUT2D eigenvalue weighted by atomic mass is 9.76. The van der Waals surface area contributed by atoms with E-state index in [-0.39, 0.29) is 5.41 Å². The van der Waals surface area contributed by atoms with Crippen molar-refractivity contribution in [3.63, 3.8) is 0 Å². The molecule has 45 heavy (non-hydrogen) atoms. The first-order valence-corrected chi connectivity index (χ1v) is 15.7. The Balaban J connectivity index is 1.45. The van der Waals surface area contributed by atoms with Gasteiger partial charge in [-0.3, -0.25) is 0 Å². The molecule has 8 rings (SSSR count). The number of rotatable bonds is 5. The third-order valence-corrected chi connectivity index (χ3v) is 9.91. The maximum Gasteiger partial charge on any atom is 0.178 e. The van der Waals surface area contributed by atoms with Crippen LogP contribution in [0.5, 0.6) is 17.2 Å². The number of nitrogens with zero attached hydrogens (tertiary/aromatic N) is 1. The molecule has 1 unspecified atom stereocenters. The van der Waals surface area contributed by atoms with E-state index in [2.05, 4.69) is 104 Å². The van der Waals surface area contributed by atoms with Crippen molar-refractivity contribution < 1.29 is 18.9 Å². The van der Waals surface area contributed by atoms with Gasteiger partial charge in [-0.15, -0.1) is 0 Å². The van der Waals surface area contributed by atoms with E-state index in [0.717, 1.165) is 58.1 Å². The molecule has 0 N–H and O–H groups in total. The lowest BCUT2D eigenvalue weighted by Gasteiger charge is -2.38. The maximum absolute atomic E-state index is 7.46. The van der Waals surface area contributed by atoms with Crippen LogP contribution in [0.25, 0.3) is 28.0 Å². The summed E-state index contributed by atoms with van der Waals surface area (Å²) in [6.45, 7) is 7.73. The molecule has 1 atom stereocenters. The Morgan fingerprint density at radius 3 is 2.20 bits per heavy atom. The van der Waals surface area contributed by atoms with Gasteiger partial charge in [0.1, 0.15) is 17.2 Å². The smallest absolute Gasteiger partial charge is 0.178 e. The highest BCUT2D eigenvalue weighted by molar-refractivity contribution is 6.10. The molecule has 0 aromatic heterocycles. The molecule has 3 aliphatic rings. The Labute approximate surface area is 264 Å². The van der Waals surface area contributed by atoms with Gasteiger partial charge in [0.25, 0.3) is 0 Å². The molecule has 2 heterocycles. The summed E-state index contributed by atoms with van der Waals surface area (Å²) in [5.74, 6) is 2.52. The minimum atomic E-state index is -0.840. The second-order valence-corrected chi connectivity index (χ2v) is 12.6. The minimum absolute atomic E-state index is 0.218. The molecular formula is C40H37NO4. The van der Waals surface area contributed by atoms with Crippen LogP contribution in [0.1, 0.15) is 41.7 Å². The Morgan fingerprint density at radius 1 is 0.756 bits per heavy atom. The highest BCUT2D eigenvalue weighted by atomic mass is 16.5. The van der Waals surface area contributed by atoms with Gasteiger partial charge in [-0.05, 0) is 58.0 Å². The van der Waals surface area contributed by atoms with Crippen LogP contribution in [-0.4, -0.2) is 40.5 Å². The van der Waals surface area contributed by atoms with E-state index in [1.165, 1.54) is 27.6 Å². The van der Waals surface area contributed by atoms with E-state index in [9.17, 15) is 0 Å². The average molecular weight is 596 g/mol. The molecule has 1 saturated heterocycles. The zero-order valence-electron chi connectivity index (χ0n) is 26.2. The molecule has 226 valence electrons. The van der Waals surface area contributed by atoms with Gasteiger partial charge in [0, 0.05) is 40.6 Å². The summed E-state index contributed by atoms with van der Waals surface area (Å²) in [5.41, 5.74) is 8.46. The molecule has 0 spiro atoms. The summed E-state index contributed by atoms with van der Waals surface area (Å²) in [4.78, 5) is 2.38. The van der Waals surface area contributed by atoms with Gasteiger partial charge in [-0.1, -0.05) is 86.7 Å². The molecule has 5 aromatic rings. The van der Waals surface area contributed by atoms with Gasteiger partial charge in [0.2, 0.25) is 0 Å². The van der Waals surface area contributed by atoms with E-state index in [1.54, 1.807) is 14.2 Å². The highest BCUT2D eigenvalue weighted by Crippen LogP contribution is 2.59. The summed E-state index contributed by atoms with van der Waals surface area (Å²) in [6, 6.07) is 32.1. The van der Waals surface area contributed by atoms with Crippen molar-refractivity contribution in [3.8, 4) is 28.4 Å². The Bertz CT molecular complexity index is 1960. The molecule has 0 amide bonds. The molecule has 1 aliphatic carbocycles. The number of methoxy groups -OCH3 is 2. The predicted octanol–water partition coefficient (Wildman–Crippen LogP) is 8.35. The molecule has 5 nitrogen and oxygen atoms in total. The number of hydrogen-bond donors (Lipinski definition) is 0. The molecule has 0 saturated carbocycles. The van der Waals surface area contributed by atoms with Gasteiger partial charge in [-0.25, -0.2) is 0 Å². The summed E-state index contributed by atoms with van der Waals surface area (Å²) in [5, 5.41) is 2.22. The number of ether oxygens (including phenoxy) is 4. The minimum Gasteiger partial charge on any atom is -0.497 e. The topological polar surface area (TPSA) is 40.2 Å². The van der Waals surface area contributed by atoms with E-state index in [0.29, 0.717) is 13.2 Å². The SMILES string of the molecule is COc1ccc(C2(c3ccccc3)C=Cc3c4c(c5cc(N6CCOCC6)c(OC)cc5c3O2)-c2ccccc2C4(C)C)cc1. The molecule has 0 radical (unpaired) electrons. The third kappa shape index (κ3) is 4.10. The Kier molecular flexibility index (Phi) is 6.43. The third-order valence-electron chi connectivity index (χ3n) is 9.91. The van der Waals surface area contributed by atoms with Crippen LogP contribution >= 0.6 is 0 Å². The fourth-order valence-electron chi connectivity index (χ4n) is 7.68. The zero-order valence-corrected chi connectivity index (χ0v) is 26.2. The van der Waals surface area contributed by atoms with E-state index in [1.807, 2.05) is 18.2 Å². The average Bonchev–Trinajstić information content (AvgIpc) is 3.35. The Hall–Kier alpha value is -4.74. The summed E-state index contributed by atoms with van der Waals surface area (Å²) >= 11 is 0. The van der Waals surface area contributed by atoms with Crippen molar-refractivity contribution in [1.29, 1.82) is 0 Å². The monoisotopic (exact) mass is 595 g/mol. The standard InChI is InChI=1S/C40H37NO4/c1-39(2)33-13-9-8-12-29(33)36-31-24-34(41-20-22-44-23-21-41)35(43-4)25-32(31)38-30(37(36)39)18-19-40(45-38,26-10-6-5-7-11-26)27-14-16-28(42-3)17-15-27/h5-19,24-25H,20-23H2,1-4H3. The van der Waals surface area contributed by atoms with Crippen LogP contribution in [0.4, 0.5) is 5.69 Å². The predicted molar refractivity (Wildman–Crippen MR) is 181 cm³/mol. The van der Waals surface area contributed by atoms with E-state index >= 15 is 0 Å². The van der Waals surface area contributed by atoms with Crippen molar-refractivity contribution >= 4 is 22.5 Å².